The van der Waals surface area contributed by atoms with Crippen LogP contribution >= 0.6 is 11.3 Å². The number of tetrazole rings is 1. The van der Waals surface area contributed by atoms with E-state index < -0.39 is 0 Å². The molecule has 8 heteroatoms. The van der Waals surface area contributed by atoms with E-state index in [2.05, 4.69) is 43.3 Å². The molecule has 0 bridgehead atoms. The molecule has 0 saturated carbocycles. The number of rotatable bonds is 6. The predicted octanol–water partition coefficient (Wildman–Crippen LogP) is 0.688. The van der Waals surface area contributed by atoms with Gasteiger partial charge in [0, 0.05) is 11.4 Å². The number of hydrogen-bond acceptors (Lipinski definition) is 6. The summed E-state index contributed by atoms with van der Waals surface area (Å²) in [7, 11) is 0. The van der Waals surface area contributed by atoms with E-state index in [1.165, 1.54) is 28.7 Å². The first-order valence-corrected chi connectivity index (χ1v) is 7.96. The van der Waals surface area contributed by atoms with Crippen molar-refractivity contribution in [1.82, 2.24) is 30.4 Å². The summed E-state index contributed by atoms with van der Waals surface area (Å²) < 4.78 is 1.42. The van der Waals surface area contributed by atoms with E-state index in [9.17, 15) is 4.79 Å². The van der Waals surface area contributed by atoms with Gasteiger partial charge in [0.15, 0.2) is 0 Å². The van der Waals surface area contributed by atoms with Crippen LogP contribution in [0.25, 0.3) is 0 Å². The third-order valence-corrected chi connectivity index (χ3v) is 4.62. The van der Waals surface area contributed by atoms with E-state index in [0.717, 1.165) is 13.1 Å². The van der Waals surface area contributed by atoms with Crippen molar-refractivity contribution in [2.24, 2.45) is 0 Å². The van der Waals surface area contributed by atoms with Gasteiger partial charge in [0.25, 0.3) is 0 Å². The fourth-order valence-electron chi connectivity index (χ4n) is 2.61. The largest absolute Gasteiger partial charge is 0.353 e. The van der Waals surface area contributed by atoms with Gasteiger partial charge in [0.1, 0.15) is 12.9 Å². The number of carbonyl (C=O) groups is 1. The maximum absolute atomic E-state index is 12.0. The minimum atomic E-state index is -0.0666. The van der Waals surface area contributed by atoms with Crippen LogP contribution in [-0.4, -0.2) is 50.6 Å². The average Bonchev–Trinajstić information content (AvgIpc) is 3.23. The van der Waals surface area contributed by atoms with Crippen molar-refractivity contribution in [3.63, 3.8) is 0 Å². The first-order valence-electron chi connectivity index (χ1n) is 7.08. The highest BCUT2D eigenvalue weighted by molar-refractivity contribution is 7.10. The summed E-state index contributed by atoms with van der Waals surface area (Å²) >= 11 is 1.74. The zero-order valence-electron chi connectivity index (χ0n) is 11.7. The zero-order chi connectivity index (χ0) is 14.5. The standard InChI is InChI=1S/C13H18N6OS/c20-13(9-19-10-15-16-17-19)14-8-11(12-4-3-7-21-12)18-5-1-2-6-18/h3-4,7,10-11H,1-2,5-6,8-9H2,(H,14,20). The first-order chi connectivity index (χ1) is 10.3. The van der Waals surface area contributed by atoms with E-state index in [1.54, 1.807) is 11.3 Å². The van der Waals surface area contributed by atoms with Crippen LogP contribution in [0.3, 0.4) is 0 Å². The van der Waals surface area contributed by atoms with Crippen molar-refractivity contribution in [2.45, 2.75) is 25.4 Å². The van der Waals surface area contributed by atoms with Crippen molar-refractivity contribution >= 4 is 17.2 Å². The molecule has 21 heavy (non-hydrogen) atoms. The molecule has 1 N–H and O–H groups in total. The topological polar surface area (TPSA) is 75.9 Å². The monoisotopic (exact) mass is 306 g/mol. The molecule has 0 spiro atoms. The van der Waals surface area contributed by atoms with Crippen LogP contribution in [0, 0.1) is 0 Å². The Labute approximate surface area is 126 Å². The summed E-state index contributed by atoms with van der Waals surface area (Å²) in [6.07, 6.45) is 3.91. The van der Waals surface area contributed by atoms with Gasteiger partial charge in [-0.05, 0) is 47.8 Å². The molecule has 1 aliphatic heterocycles. The molecule has 1 fully saturated rings. The third kappa shape index (κ3) is 3.64. The Morgan fingerprint density at radius 3 is 2.95 bits per heavy atom. The van der Waals surface area contributed by atoms with E-state index in [1.807, 2.05) is 0 Å². The molecule has 112 valence electrons. The lowest BCUT2D eigenvalue weighted by molar-refractivity contribution is -0.122. The Hall–Kier alpha value is -1.80. The molecule has 2 aromatic heterocycles. The molecular formula is C13H18N6OS. The number of amides is 1. The van der Waals surface area contributed by atoms with Gasteiger partial charge in [-0.25, -0.2) is 4.68 Å². The molecule has 3 rings (SSSR count). The van der Waals surface area contributed by atoms with Crippen molar-refractivity contribution in [1.29, 1.82) is 0 Å². The summed E-state index contributed by atoms with van der Waals surface area (Å²) in [6.45, 7) is 2.99. The molecule has 1 saturated heterocycles. The van der Waals surface area contributed by atoms with Crippen molar-refractivity contribution in [2.75, 3.05) is 19.6 Å². The second-order valence-corrected chi connectivity index (χ2v) is 6.07. The van der Waals surface area contributed by atoms with E-state index in [-0.39, 0.29) is 18.5 Å². The van der Waals surface area contributed by atoms with E-state index in [4.69, 9.17) is 0 Å². The number of nitrogens with one attached hydrogen (secondary N) is 1. The van der Waals surface area contributed by atoms with Crippen LogP contribution < -0.4 is 5.32 Å². The zero-order valence-corrected chi connectivity index (χ0v) is 12.5. The van der Waals surface area contributed by atoms with Crippen LogP contribution in [0.5, 0.6) is 0 Å². The highest BCUT2D eigenvalue weighted by Gasteiger charge is 2.24. The number of aromatic nitrogens is 4. The molecule has 7 nitrogen and oxygen atoms in total. The van der Waals surface area contributed by atoms with Gasteiger partial charge in [-0.3, -0.25) is 9.69 Å². The molecule has 0 aliphatic carbocycles. The number of likely N-dealkylation sites (tertiary alicyclic amines) is 1. The lowest BCUT2D eigenvalue weighted by atomic mass is 10.2. The quantitative estimate of drug-likeness (QED) is 0.849. The highest BCUT2D eigenvalue weighted by Crippen LogP contribution is 2.27. The molecule has 1 atom stereocenters. The molecule has 1 aliphatic rings. The van der Waals surface area contributed by atoms with Crippen LogP contribution in [0.15, 0.2) is 23.8 Å². The molecule has 0 aromatic carbocycles. The van der Waals surface area contributed by atoms with Crippen LogP contribution in [0.1, 0.15) is 23.8 Å². The summed E-state index contributed by atoms with van der Waals surface area (Å²) in [5.74, 6) is -0.0666. The minimum absolute atomic E-state index is 0.0666. The van der Waals surface area contributed by atoms with Crippen molar-refractivity contribution in [3.05, 3.63) is 28.7 Å². The normalized spacial score (nSPS) is 17.0. The molecular weight excluding hydrogens is 288 g/mol. The molecule has 2 aromatic rings. The molecule has 1 amide bonds. The second kappa shape index (κ2) is 6.77. The fraction of sp³-hybridized carbons (Fsp3) is 0.538. The number of nitrogens with zero attached hydrogens (tertiary/aromatic N) is 5. The van der Waals surface area contributed by atoms with Gasteiger partial charge in [-0.1, -0.05) is 6.07 Å². The van der Waals surface area contributed by atoms with Crippen molar-refractivity contribution in [3.8, 4) is 0 Å². The number of hydrogen-bond donors (Lipinski definition) is 1. The van der Waals surface area contributed by atoms with Crippen LogP contribution in [0.4, 0.5) is 0 Å². The summed E-state index contributed by atoms with van der Waals surface area (Å²) in [5.41, 5.74) is 0. The SMILES string of the molecule is O=C(Cn1cnnn1)NCC(c1cccs1)N1CCCC1. The minimum Gasteiger partial charge on any atom is -0.353 e. The van der Waals surface area contributed by atoms with Gasteiger partial charge in [-0.15, -0.1) is 16.4 Å². The maximum atomic E-state index is 12.0. The van der Waals surface area contributed by atoms with Gasteiger partial charge < -0.3 is 5.32 Å². The lowest BCUT2D eigenvalue weighted by Crippen LogP contribution is -2.37. The fourth-order valence-corrected chi connectivity index (χ4v) is 3.47. The lowest BCUT2D eigenvalue weighted by Gasteiger charge is -2.26. The van der Waals surface area contributed by atoms with Gasteiger partial charge in [-0.2, -0.15) is 0 Å². The summed E-state index contributed by atoms with van der Waals surface area (Å²) in [4.78, 5) is 15.7. The third-order valence-electron chi connectivity index (χ3n) is 3.64. The second-order valence-electron chi connectivity index (χ2n) is 5.09. The van der Waals surface area contributed by atoms with E-state index >= 15 is 0 Å². The Kier molecular flexibility index (Phi) is 4.56. The first kappa shape index (κ1) is 14.2. The summed E-state index contributed by atoms with van der Waals surface area (Å²) in [5, 5.41) is 15.8. The smallest absolute Gasteiger partial charge is 0.241 e. The Morgan fingerprint density at radius 2 is 2.29 bits per heavy atom. The number of carbonyl (C=O) groups excluding carboxylic acids is 1. The molecule has 3 heterocycles. The predicted molar refractivity (Wildman–Crippen MR) is 78.7 cm³/mol. The number of thiophene rings is 1. The molecule has 0 radical (unpaired) electrons. The highest BCUT2D eigenvalue weighted by atomic mass is 32.1. The van der Waals surface area contributed by atoms with Gasteiger partial charge in [0.2, 0.25) is 5.91 Å². The molecule has 1 unspecified atom stereocenters. The maximum Gasteiger partial charge on any atom is 0.241 e. The van der Waals surface area contributed by atoms with Gasteiger partial charge in [0.05, 0.1) is 6.04 Å². The Morgan fingerprint density at radius 1 is 1.43 bits per heavy atom. The average molecular weight is 306 g/mol. The van der Waals surface area contributed by atoms with E-state index in [0.29, 0.717) is 6.54 Å². The van der Waals surface area contributed by atoms with Crippen LogP contribution in [-0.2, 0) is 11.3 Å². The van der Waals surface area contributed by atoms with Crippen molar-refractivity contribution < 1.29 is 4.79 Å². The summed E-state index contributed by atoms with van der Waals surface area (Å²) in [6, 6.07) is 4.47. The van der Waals surface area contributed by atoms with Crippen LogP contribution in [0.2, 0.25) is 0 Å². The van der Waals surface area contributed by atoms with Gasteiger partial charge >= 0.3 is 0 Å². The Bertz CT molecular complexity index is 549. The Balaban J connectivity index is 1.58.